The molecular formula is C16H19N5O2S. The highest BCUT2D eigenvalue weighted by Crippen LogP contribution is 2.21. The summed E-state index contributed by atoms with van der Waals surface area (Å²) in [6, 6.07) is 0. The maximum atomic E-state index is 12.7. The third-order valence-corrected chi connectivity index (χ3v) is 5.59. The standard InChI is InChI=1S/C16H19N5O2S/c22-15-11-3-6-21(8-12(11)18-10-19-15)16(23)13-7-17-14(24-13)9-20-4-1-2-5-20/h7,10H,1-6,8-9H2,(H,18,19,22). The van der Waals surface area contributed by atoms with Crippen LogP contribution in [-0.4, -0.2) is 50.3 Å². The maximum Gasteiger partial charge on any atom is 0.265 e. The van der Waals surface area contributed by atoms with Crippen LogP contribution in [0.5, 0.6) is 0 Å². The predicted octanol–water partition coefficient (Wildman–Crippen LogP) is 1.02. The molecule has 0 saturated carbocycles. The summed E-state index contributed by atoms with van der Waals surface area (Å²) in [6.07, 6.45) is 6.12. The second kappa shape index (κ2) is 6.45. The van der Waals surface area contributed by atoms with Gasteiger partial charge in [-0.15, -0.1) is 11.3 Å². The van der Waals surface area contributed by atoms with E-state index in [1.165, 1.54) is 30.5 Å². The summed E-state index contributed by atoms with van der Waals surface area (Å²) < 4.78 is 0. The number of rotatable bonds is 3. The number of hydrogen-bond acceptors (Lipinski definition) is 6. The lowest BCUT2D eigenvalue weighted by Crippen LogP contribution is -2.38. The summed E-state index contributed by atoms with van der Waals surface area (Å²) in [4.78, 5) is 40.5. The van der Waals surface area contributed by atoms with Crippen molar-refractivity contribution in [3.63, 3.8) is 0 Å². The van der Waals surface area contributed by atoms with Gasteiger partial charge in [0, 0.05) is 12.1 Å². The van der Waals surface area contributed by atoms with Crippen molar-refractivity contribution in [2.75, 3.05) is 19.6 Å². The Kier molecular flexibility index (Phi) is 4.15. The van der Waals surface area contributed by atoms with E-state index in [-0.39, 0.29) is 11.5 Å². The summed E-state index contributed by atoms with van der Waals surface area (Å²) in [5, 5.41) is 0.993. The average Bonchev–Trinajstić information content (AvgIpc) is 3.26. The second-order valence-electron chi connectivity index (χ2n) is 6.24. The highest BCUT2D eigenvalue weighted by Gasteiger charge is 2.26. The molecule has 2 aromatic heterocycles. The molecule has 1 saturated heterocycles. The first kappa shape index (κ1) is 15.5. The summed E-state index contributed by atoms with van der Waals surface area (Å²) >= 11 is 1.47. The monoisotopic (exact) mass is 345 g/mol. The van der Waals surface area contributed by atoms with E-state index in [4.69, 9.17) is 0 Å². The van der Waals surface area contributed by atoms with Crippen molar-refractivity contribution in [3.8, 4) is 0 Å². The zero-order valence-corrected chi connectivity index (χ0v) is 14.1. The molecule has 24 heavy (non-hydrogen) atoms. The lowest BCUT2D eigenvalue weighted by atomic mass is 10.1. The van der Waals surface area contributed by atoms with Crippen LogP contribution in [0.2, 0.25) is 0 Å². The molecule has 0 bridgehead atoms. The second-order valence-corrected chi connectivity index (χ2v) is 7.35. The van der Waals surface area contributed by atoms with Crippen LogP contribution in [0.4, 0.5) is 0 Å². The Morgan fingerprint density at radius 2 is 2.08 bits per heavy atom. The van der Waals surface area contributed by atoms with Gasteiger partial charge in [-0.25, -0.2) is 9.97 Å². The van der Waals surface area contributed by atoms with E-state index in [1.807, 2.05) is 0 Å². The van der Waals surface area contributed by atoms with E-state index < -0.39 is 0 Å². The van der Waals surface area contributed by atoms with Gasteiger partial charge in [0.2, 0.25) is 0 Å². The summed E-state index contributed by atoms with van der Waals surface area (Å²) in [5.41, 5.74) is 1.29. The van der Waals surface area contributed by atoms with Gasteiger partial charge in [-0.05, 0) is 32.4 Å². The number of carbonyl (C=O) groups is 1. The Hall–Kier alpha value is -2.06. The Bertz CT molecular complexity index is 809. The SMILES string of the molecule is O=C(c1cnc(CN2CCCC2)s1)N1CCc2c(nc[nH]c2=O)C1. The number of H-pyrrole nitrogens is 1. The normalized spacial score (nSPS) is 17.9. The molecule has 2 aliphatic rings. The number of nitrogens with one attached hydrogen (secondary N) is 1. The summed E-state index contributed by atoms with van der Waals surface area (Å²) in [5.74, 6) is -0.0205. The number of hydrogen-bond donors (Lipinski definition) is 1. The minimum absolute atomic E-state index is 0.0205. The smallest absolute Gasteiger partial charge is 0.265 e. The highest BCUT2D eigenvalue weighted by atomic mass is 32.1. The highest BCUT2D eigenvalue weighted by molar-refractivity contribution is 7.13. The molecule has 1 N–H and O–H groups in total. The Labute approximate surface area is 143 Å². The lowest BCUT2D eigenvalue weighted by molar-refractivity contribution is 0.0736. The van der Waals surface area contributed by atoms with Crippen molar-refractivity contribution < 1.29 is 4.79 Å². The van der Waals surface area contributed by atoms with E-state index in [0.717, 1.165) is 24.6 Å². The molecule has 0 aromatic carbocycles. The van der Waals surface area contributed by atoms with E-state index in [1.54, 1.807) is 11.1 Å². The van der Waals surface area contributed by atoms with Crippen molar-refractivity contribution in [1.29, 1.82) is 0 Å². The van der Waals surface area contributed by atoms with Gasteiger partial charge >= 0.3 is 0 Å². The van der Waals surface area contributed by atoms with E-state index in [9.17, 15) is 9.59 Å². The van der Waals surface area contributed by atoms with E-state index in [2.05, 4.69) is 19.9 Å². The fraction of sp³-hybridized carbons (Fsp3) is 0.500. The minimum Gasteiger partial charge on any atom is -0.332 e. The molecule has 2 aliphatic heterocycles. The van der Waals surface area contributed by atoms with Crippen molar-refractivity contribution in [3.05, 3.63) is 44.0 Å². The number of thiazole rings is 1. The molecule has 126 valence electrons. The van der Waals surface area contributed by atoms with Gasteiger partial charge in [0.1, 0.15) is 9.88 Å². The Morgan fingerprint density at radius 1 is 1.25 bits per heavy atom. The lowest BCUT2D eigenvalue weighted by Gasteiger charge is -2.26. The number of likely N-dealkylation sites (tertiary alicyclic amines) is 1. The Morgan fingerprint density at radius 3 is 2.92 bits per heavy atom. The predicted molar refractivity (Wildman–Crippen MR) is 89.9 cm³/mol. The van der Waals surface area contributed by atoms with Gasteiger partial charge in [-0.3, -0.25) is 14.5 Å². The summed E-state index contributed by atoms with van der Waals surface area (Å²) in [6.45, 7) is 3.99. The molecule has 0 aliphatic carbocycles. The third-order valence-electron chi connectivity index (χ3n) is 4.62. The van der Waals surface area contributed by atoms with E-state index in [0.29, 0.717) is 35.6 Å². The van der Waals surface area contributed by atoms with Gasteiger partial charge in [-0.1, -0.05) is 0 Å². The average molecular weight is 345 g/mol. The zero-order chi connectivity index (χ0) is 16.5. The number of aromatic nitrogens is 3. The van der Waals surface area contributed by atoms with Crippen LogP contribution in [0, 0.1) is 0 Å². The molecule has 0 atom stereocenters. The largest absolute Gasteiger partial charge is 0.332 e. The molecule has 0 unspecified atom stereocenters. The first-order valence-electron chi connectivity index (χ1n) is 8.22. The summed E-state index contributed by atoms with van der Waals surface area (Å²) in [7, 11) is 0. The van der Waals surface area contributed by atoms with Crippen LogP contribution >= 0.6 is 11.3 Å². The van der Waals surface area contributed by atoms with Crippen LogP contribution in [0.3, 0.4) is 0 Å². The van der Waals surface area contributed by atoms with E-state index >= 15 is 0 Å². The van der Waals surface area contributed by atoms with Gasteiger partial charge in [0.25, 0.3) is 11.5 Å². The quantitative estimate of drug-likeness (QED) is 0.898. The fourth-order valence-electron chi connectivity index (χ4n) is 3.31. The minimum atomic E-state index is -0.0993. The fourth-order valence-corrected chi connectivity index (χ4v) is 4.24. The molecule has 7 nitrogen and oxygen atoms in total. The molecule has 1 fully saturated rings. The molecule has 1 amide bonds. The van der Waals surface area contributed by atoms with Gasteiger partial charge in [0.05, 0.1) is 31.3 Å². The van der Waals surface area contributed by atoms with Gasteiger partial charge in [-0.2, -0.15) is 0 Å². The molecule has 0 radical (unpaired) electrons. The molecular weight excluding hydrogens is 326 g/mol. The van der Waals surface area contributed by atoms with Crippen molar-refractivity contribution in [2.24, 2.45) is 0 Å². The first-order chi connectivity index (χ1) is 11.7. The zero-order valence-electron chi connectivity index (χ0n) is 13.3. The molecule has 0 spiro atoms. The topological polar surface area (TPSA) is 82.2 Å². The molecule has 2 aromatic rings. The van der Waals surface area contributed by atoms with Crippen molar-refractivity contribution in [2.45, 2.75) is 32.4 Å². The van der Waals surface area contributed by atoms with Gasteiger partial charge in [0.15, 0.2) is 0 Å². The molecule has 8 heteroatoms. The number of carbonyl (C=O) groups excluding carboxylic acids is 1. The van der Waals surface area contributed by atoms with Crippen molar-refractivity contribution in [1.82, 2.24) is 24.8 Å². The number of fused-ring (bicyclic) bond motifs is 1. The first-order valence-corrected chi connectivity index (χ1v) is 9.04. The van der Waals surface area contributed by atoms with Crippen LogP contribution in [-0.2, 0) is 19.5 Å². The number of amides is 1. The van der Waals surface area contributed by atoms with Crippen LogP contribution < -0.4 is 5.56 Å². The van der Waals surface area contributed by atoms with Crippen LogP contribution in [0.25, 0.3) is 0 Å². The molecule has 4 heterocycles. The number of nitrogens with zero attached hydrogens (tertiary/aromatic N) is 4. The third kappa shape index (κ3) is 2.99. The maximum absolute atomic E-state index is 12.7. The number of aromatic amines is 1. The molecule has 4 rings (SSSR count). The van der Waals surface area contributed by atoms with Gasteiger partial charge < -0.3 is 9.88 Å². The Balaban J connectivity index is 1.46. The van der Waals surface area contributed by atoms with Crippen LogP contribution in [0.1, 0.15) is 38.8 Å². The van der Waals surface area contributed by atoms with Crippen molar-refractivity contribution >= 4 is 17.2 Å². The van der Waals surface area contributed by atoms with Crippen LogP contribution in [0.15, 0.2) is 17.3 Å².